The molecule has 1 rings (SSSR count). The Bertz CT molecular complexity index is 421. The lowest BCUT2D eigenvalue weighted by Crippen LogP contribution is -2.18. The van der Waals surface area contributed by atoms with Crippen LogP contribution in [0.15, 0.2) is 15.3 Å². The first-order chi connectivity index (χ1) is 6.43. The van der Waals surface area contributed by atoms with E-state index >= 15 is 0 Å². The first kappa shape index (κ1) is 11.2. The number of aromatic amines is 1. The molecule has 1 N–H and O–H groups in total. The van der Waals surface area contributed by atoms with E-state index in [-0.39, 0.29) is 22.8 Å². The van der Waals surface area contributed by atoms with Crippen molar-refractivity contribution in [3.05, 3.63) is 32.2 Å². The number of hydrogen-bond acceptors (Lipinski definition) is 2. The van der Waals surface area contributed by atoms with E-state index in [2.05, 4.69) is 20.9 Å². The Balaban J connectivity index is 3.39. The molecule has 0 aliphatic rings. The summed E-state index contributed by atoms with van der Waals surface area (Å²) in [4.78, 5) is 25.2. The molecule has 0 atom stereocenters. The Kier molecular flexibility index (Phi) is 3.26. The van der Waals surface area contributed by atoms with E-state index in [4.69, 9.17) is 0 Å². The van der Waals surface area contributed by atoms with E-state index in [0.29, 0.717) is 0 Å². The van der Waals surface area contributed by atoms with Crippen molar-refractivity contribution in [2.45, 2.75) is 26.7 Å². The third-order valence-corrected chi connectivity index (χ3v) is 2.63. The molecule has 3 nitrogen and oxygen atoms in total. The molecule has 76 valence electrons. The summed E-state index contributed by atoms with van der Waals surface area (Å²) in [6.07, 6.45) is 0. The normalized spacial score (nSPS) is 10.6. The Hall–Kier alpha value is -0.900. The van der Waals surface area contributed by atoms with Gasteiger partial charge in [-0.05, 0) is 34.8 Å². The van der Waals surface area contributed by atoms with Crippen LogP contribution in [0.4, 0.5) is 0 Å². The number of rotatable bonds is 2. The van der Waals surface area contributed by atoms with Crippen LogP contribution < -0.4 is 5.56 Å². The molecular formula is C10H12BrNO2. The summed E-state index contributed by atoms with van der Waals surface area (Å²) >= 11 is 3.33. The van der Waals surface area contributed by atoms with Crippen LogP contribution in [0, 0.1) is 0 Å². The molecule has 1 heterocycles. The van der Waals surface area contributed by atoms with Crippen molar-refractivity contribution in [1.29, 1.82) is 0 Å². The van der Waals surface area contributed by atoms with Gasteiger partial charge in [0.25, 0.3) is 5.56 Å². The summed E-state index contributed by atoms with van der Waals surface area (Å²) in [5.41, 5.74) is 0.700. The molecule has 14 heavy (non-hydrogen) atoms. The lowest BCUT2D eigenvalue weighted by Gasteiger charge is -2.08. The van der Waals surface area contributed by atoms with Gasteiger partial charge in [-0.15, -0.1) is 0 Å². The lowest BCUT2D eigenvalue weighted by molar-refractivity contribution is 0.101. The second-order valence-electron chi connectivity index (χ2n) is 3.48. The highest BCUT2D eigenvalue weighted by atomic mass is 79.9. The van der Waals surface area contributed by atoms with Crippen molar-refractivity contribution >= 4 is 21.7 Å². The van der Waals surface area contributed by atoms with Gasteiger partial charge in [0.2, 0.25) is 0 Å². The maximum atomic E-state index is 11.4. The number of pyridine rings is 1. The average molecular weight is 258 g/mol. The van der Waals surface area contributed by atoms with Gasteiger partial charge in [0.15, 0.2) is 5.78 Å². The van der Waals surface area contributed by atoms with E-state index in [9.17, 15) is 9.59 Å². The summed E-state index contributed by atoms with van der Waals surface area (Å²) in [7, 11) is 0. The fourth-order valence-corrected chi connectivity index (χ4v) is 1.99. The van der Waals surface area contributed by atoms with Crippen LogP contribution in [0.1, 0.15) is 42.7 Å². The third-order valence-electron chi connectivity index (χ3n) is 1.98. The molecule has 0 spiro atoms. The number of halogens is 1. The van der Waals surface area contributed by atoms with Gasteiger partial charge in [-0.25, -0.2) is 0 Å². The lowest BCUT2D eigenvalue weighted by atomic mass is 10.1. The summed E-state index contributed by atoms with van der Waals surface area (Å²) < 4.78 is 0.775. The van der Waals surface area contributed by atoms with Crippen LogP contribution in [-0.2, 0) is 0 Å². The minimum Gasteiger partial charge on any atom is -0.324 e. The van der Waals surface area contributed by atoms with Gasteiger partial charge in [-0.1, -0.05) is 13.8 Å². The van der Waals surface area contributed by atoms with E-state index in [1.807, 2.05) is 13.8 Å². The van der Waals surface area contributed by atoms with Crippen LogP contribution >= 0.6 is 15.9 Å². The first-order valence-electron chi connectivity index (χ1n) is 4.37. The molecule has 1 aromatic heterocycles. The quantitative estimate of drug-likeness (QED) is 0.828. The number of nitrogens with one attached hydrogen (secondary N) is 1. The zero-order chi connectivity index (χ0) is 10.9. The molecule has 0 saturated carbocycles. The summed E-state index contributed by atoms with van der Waals surface area (Å²) in [5.74, 6) is 0.000314. The van der Waals surface area contributed by atoms with Crippen LogP contribution in [-0.4, -0.2) is 10.8 Å². The van der Waals surface area contributed by atoms with Gasteiger partial charge in [-0.3, -0.25) is 9.59 Å². The largest absolute Gasteiger partial charge is 0.324 e. The number of H-pyrrole nitrogens is 1. The fraction of sp³-hybridized carbons (Fsp3) is 0.400. The standard InChI is InChI=1S/C10H12BrNO2/c1-5(2)9-8(11)4-7(6(3)13)10(14)12-9/h4-5H,1-3H3,(H,12,14). The molecule has 0 aliphatic carbocycles. The van der Waals surface area contributed by atoms with E-state index in [1.54, 1.807) is 6.07 Å². The van der Waals surface area contributed by atoms with Gasteiger partial charge in [0.1, 0.15) is 0 Å². The monoisotopic (exact) mass is 257 g/mol. The highest BCUT2D eigenvalue weighted by molar-refractivity contribution is 9.10. The van der Waals surface area contributed by atoms with Crippen molar-refractivity contribution in [3.63, 3.8) is 0 Å². The number of ketones is 1. The second-order valence-corrected chi connectivity index (χ2v) is 4.34. The van der Waals surface area contributed by atoms with Gasteiger partial charge >= 0.3 is 0 Å². The maximum Gasteiger partial charge on any atom is 0.259 e. The predicted molar refractivity (Wildman–Crippen MR) is 58.9 cm³/mol. The minimum atomic E-state index is -0.315. The van der Waals surface area contributed by atoms with Crippen LogP contribution in [0.25, 0.3) is 0 Å². The van der Waals surface area contributed by atoms with Crippen molar-refractivity contribution in [3.8, 4) is 0 Å². The topological polar surface area (TPSA) is 49.9 Å². The molecule has 1 aromatic rings. The molecule has 0 amide bonds. The maximum absolute atomic E-state index is 11.4. The summed E-state index contributed by atoms with van der Waals surface area (Å²) in [6.45, 7) is 5.33. The fourth-order valence-electron chi connectivity index (χ4n) is 1.20. The molecule has 0 unspecified atom stereocenters. The molecule has 0 aromatic carbocycles. The highest BCUT2D eigenvalue weighted by Crippen LogP contribution is 2.21. The average Bonchev–Trinajstić information content (AvgIpc) is 2.07. The van der Waals surface area contributed by atoms with Gasteiger partial charge in [0.05, 0.1) is 5.56 Å². The first-order valence-corrected chi connectivity index (χ1v) is 5.16. The molecule has 0 radical (unpaired) electrons. The summed E-state index contributed by atoms with van der Waals surface area (Å²) in [5, 5.41) is 0. The number of carbonyl (C=O) groups is 1. The molecule has 0 fully saturated rings. The zero-order valence-corrected chi connectivity index (χ0v) is 9.94. The molecule has 0 bridgehead atoms. The highest BCUT2D eigenvalue weighted by Gasteiger charge is 2.11. The van der Waals surface area contributed by atoms with Gasteiger partial charge < -0.3 is 4.98 Å². The number of hydrogen-bond donors (Lipinski definition) is 1. The van der Waals surface area contributed by atoms with Crippen molar-refractivity contribution in [2.24, 2.45) is 0 Å². The summed E-state index contributed by atoms with van der Waals surface area (Å²) in [6, 6.07) is 1.58. The van der Waals surface area contributed by atoms with Crippen LogP contribution in [0.3, 0.4) is 0 Å². The Labute approximate surface area is 90.7 Å². The Morgan fingerprint density at radius 2 is 2.07 bits per heavy atom. The number of Topliss-reactive ketones (excluding diaryl/α,β-unsaturated/α-hetero) is 1. The van der Waals surface area contributed by atoms with Gasteiger partial charge in [0, 0.05) is 10.2 Å². The van der Waals surface area contributed by atoms with Gasteiger partial charge in [-0.2, -0.15) is 0 Å². The Morgan fingerprint density at radius 3 is 2.50 bits per heavy atom. The molecule has 0 saturated heterocycles. The molecule has 4 heteroatoms. The number of aromatic nitrogens is 1. The SMILES string of the molecule is CC(=O)c1cc(Br)c(C(C)C)[nH]c1=O. The van der Waals surface area contributed by atoms with Crippen molar-refractivity contribution in [2.75, 3.05) is 0 Å². The third kappa shape index (κ3) is 2.12. The van der Waals surface area contributed by atoms with E-state index < -0.39 is 0 Å². The Morgan fingerprint density at radius 1 is 1.50 bits per heavy atom. The van der Waals surface area contributed by atoms with Crippen molar-refractivity contribution in [1.82, 2.24) is 4.98 Å². The predicted octanol–water partition coefficient (Wildman–Crippen LogP) is 2.46. The minimum absolute atomic E-state index is 0.196. The smallest absolute Gasteiger partial charge is 0.259 e. The molecule has 0 aliphatic heterocycles. The van der Waals surface area contributed by atoms with Crippen molar-refractivity contribution < 1.29 is 4.79 Å². The molecular weight excluding hydrogens is 246 g/mol. The van der Waals surface area contributed by atoms with E-state index in [1.165, 1.54) is 6.92 Å². The van der Waals surface area contributed by atoms with Crippen LogP contribution in [0.5, 0.6) is 0 Å². The van der Waals surface area contributed by atoms with Crippen LogP contribution in [0.2, 0.25) is 0 Å². The van der Waals surface area contributed by atoms with E-state index in [0.717, 1.165) is 10.2 Å². The zero-order valence-electron chi connectivity index (χ0n) is 8.35. The number of carbonyl (C=O) groups excluding carboxylic acids is 1. The second kappa shape index (κ2) is 4.09.